The minimum atomic E-state index is -2.40. The molecule has 0 saturated carbocycles. The van der Waals surface area contributed by atoms with E-state index < -0.39 is 6.04 Å². The van der Waals surface area contributed by atoms with E-state index in [1.54, 1.807) is 0 Å². The van der Waals surface area contributed by atoms with Crippen LogP contribution in [0.5, 0.6) is 0 Å². The topological polar surface area (TPSA) is 30.2 Å². The summed E-state index contributed by atoms with van der Waals surface area (Å²) in [5.74, 6) is 0. The largest absolute Gasteiger partial charge is 0.292 e. The molecular weight excluding hydrogens is 706 g/mol. The standard InChI is InChI=1S/C50H32N3PS/c55-54(39-15-6-2-7-16-39,40-17-8-3-9-18-40)41-24-27-47-44(31-41)49-42-19-11-10-14-34(42)22-25-43(49)50-52-45-26-23-36(30-48(45)53(47)50)38-28-37-21-20-35(29-46(37)51-32-38)33-12-4-1-5-13-33/h1-32H. The van der Waals surface area contributed by atoms with E-state index in [1.807, 2.05) is 12.3 Å². The molecule has 0 radical (unpaired) electrons. The second-order valence-electron chi connectivity index (χ2n) is 14.2. The fourth-order valence-corrected chi connectivity index (χ4v) is 12.1. The number of rotatable bonds is 5. The van der Waals surface area contributed by atoms with Crippen molar-refractivity contribution in [2.75, 3.05) is 0 Å². The van der Waals surface area contributed by atoms with Crippen molar-refractivity contribution in [2.45, 2.75) is 0 Å². The van der Waals surface area contributed by atoms with E-state index in [0.717, 1.165) is 49.6 Å². The van der Waals surface area contributed by atoms with Gasteiger partial charge in [0.1, 0.15) is 5.65 Å². The van der Waals surface area contributed by atoms with Gasteiger partial charge < -0.3 is 0 Å². The van der Waals surface area contributed by atoms with Crippen LogP contribution in [-0.4, -0.2) is 14.4 Å². The number of hydrogen-bond acceptors (Lipinski definition) is 3. The van der Waals surface area contributed by atoms with Crippen LogP contribution in [0.2, 0.25) is 0 Å². The predicted octanol–water partition coefficient (Wildman–Crippen LogP) is 11.6. The van der Waals surface area contributed by atoms with Crippen molar-refractivity contribution in [1.29, 1.82) is 0 Å². The van der Waals surface area contributed by atoms with Gasteiger partial charge in [-0.15, -0.1) is 0 Å². The molecule has 0 N–H and O–H groups in total. The molecule has 3 nitrogen and oxygen atoms in total. The van der Waals surface area contributed by atoms with E-state index in [0.29, 0.717) is 0 Å². The Morgan fingerprint density at radius 1 is 0.418 bits per heavy atom. The summed E-state index contributed by atoms with van der Waals surface area (Å²) in [6.45, 7) is 0. The van der Waals surface area contributed by atoms with E-state index in [4.69, 9.17) is 21.8 Å². The Bertz CT molecular complexity index is 3300. The summed E-state index contributed by atoms with van der Waals surface area (Å²) in [6.07, 6.45) is 1.99. The van der Waals surface area contributed by atoms with Crippen molar-refractivity contribution in [2.24, 2.45) is 0 Å². The lowest BCUT2D eigenvalue weighted by Gasteiger charge is -2.25. The van der Waals surface area contributed by atoms with Crippen molar-refractivity contribution < 1.29 is 0 Å². The highest BCUT2D eigenvalue weighted by Crippen LogP contribution is 2.45. The van der Waals surface area contributed by atoms with Crippen molar-refractivity contribution in [3.63, 3.8) is 0 Å². The van der Waals surface area contributed by atoms with Crippen LogP contribution >= 0.6 is 6.04 Å². The molecule has 0 unspecified atom stereocenters. The molecule has 0 fully saturated rings. The molecule has 3 heterocycles. The van der Waals surface area contributed by atoms with Gasteiger partial charge in [-0.2, -0.15) is 0 Å². The van der Waals surface area contributed by atoms with Gasteiger partial charge in [-0.05, 0) is 85.8 Å². The lowest BCUT2D eigenvalue weighted by molar-refractivity contribution is 1.32. The molecule has 0 aliphatic carbocycles. The van der Waals surface area contributed by atoms with Crippen molar-refractivity contribution >= 4 is 93.8 Å². The minimum absolute atomic E-state index is 0.948. The molecule has 258 valence electrons. The number of pyridine rings is 2. The number of aromatic nitrogens is 3. The van der Waals surface area contributed by atoms with Crippen LogP contribution in [0.15, 0.2) is 194 Å². The molecule has 0 bridgehead atoms. The average molecular weight is 738 g/mol. The highest BCUT2D eigenvalue weighted by molar-refractivity contribution is 8.25. The third-order valence-corrected chi connectivity index (χ3v) is 16.0. The van der Waals surface area contributed by atoms with Gasteiger partial charge in [-0.3, -0.25) is 9.38 Å². The number of nitrogens with zero attached hydrogens (tertiary/aromatic N) is 3. The van der Waals surface area contributed by atoms with E-state index in [-0.39, 0.29) is 0 Å². The smallest absolute Gasteiger partial charge is 0.146 e. The molecule has 0 aliphatic rings. The Morgan fingerprint density at radius 3 is 1.87 bits per heavy atom. The Hall–Kier alpha value is -6.45. The van der Waals surface area contributed by atoms with Crippen molar-refractivity contribution in [3.05, 3.63) is 194 Å². The first-order chi connectivity index (χ1) is 27.1. The Balaban J connectivity index is 1.16. The van der Waals surface area contributed by atoms with Crippen LogP contribution in [-0.2, 0) is 11.8 Å². The van der Waals surface area contributed by atoms with Crippen LogP contribution in [0.1, 0.15) is 0 Å². The van der Waals surface area contributed by atoms with Gasteiger partial charge in [0.05, 0.1) is 22.1 Å². The maximum absolute atomic E-state index is 6.86. The SMILES string of the molecule is S=P(c1ccccc1)(c1ccccc1)c1ccc2c(c1)c1c3ccccc3ccc1c1nc3ccc(-c4cnc5cc(-c6ccccc6)ccc5c4)cc3n21. The number of hydrogen-bond donors (Lipinski definition) is 0. The zero-order valence-electron chi connectivity index (χ0n) is 29.7. The first kappa shape index (κ1) is 32.0. The summed E-state index contributed by atoms with van der Waals surface area (Å²) >= 11 is 6.86. The second-order valence-corrected chi connectivity index (χ2v) is 18.6. The lowest BCUT2D eigenvalue weighted by atomic mass is 9.99. The molecule has 0 aliphatic heterocycles. The van der Waals surface area contributed by atoms with Gasteiger partial charge in [-0.1, -0.05) is 157 Å². The summed E-state index contributed by atoms with van der Waals surface area (Å²) in [5.41, 5.74) is 9.57. The van der Waals surface area contributed by atoms with Crippen LogP contribution in [0.25, 0.3) is 82.3 Å². The van der Waals surface area contributed by atoms with Gasteiger partial charge in [0.2, 0.25) is 0 Å². The third kappa shape index (κ3) is 5.07. The summed E-state index contributed by atoms with van der Waals surface area (Å²) in [4.78, 5) is 10.3. The molecule has 0 amide bonds. The Morgan fingerprint density at radius 2 is 1.09 bits per heavy atom. The fraction of sp³-hybridized carbons (Fsp3) is 0. The van der Waals surface area contributed by atoms with Crippen LogP contribution < -0.4 is 15.9 Å². The van der Waals surface area contributed by atoms with E-state index in [1.165, 1.54) is 48.6 Å². The fourth-order valence-electron chi connectivity index (χ4n) is 8.36. The molecular formula is C50H32N3PS. The van der Waals surface area contributed by atoms with Crippen LogP contribution in [0.4, 0.5) is 0 Å². The maximum Gasteiger partial charge on any atom is 0.146 e. The molecule has 3 aromatic heterocycles. The molecule has 11 aromatic rings. The first-order valence-corrected chi connectivity index (χ1v) is 21.3. The molecule has 0 spiro atoms. The number of fused-ring (bicyclic) bond motifs is 11. The van der Waals surface area contributed by atoms with Gasteiger partial charge in [0.15, 0.2) is 0 Å². The van der Waals surface area contributed by atoms with Gasteiger partial charge >= 0.3 is 0 Å². The monoisotopic (exact) mass is 737 g/mol. The summed E-state index contributed by atoms with van der Waals surface area (Å²) in [6, 6.07) is 64.9. The number of imidazole rings is 1. The second kappa shape index (κ2) is 12.6. The van der Waals surface area contributed by atoms with Crippen LogP contribution in [0.3, 0.4) is 0 Å². The third-order valence-electron chi connectivity index (χ3n) is 11.0. The van der Waals surface area contributed by atoms with E-state index in [2.05, 4.69) is 186 Å². The molecule has 5 heteroatoms. The predicted molar refractivity (Wildman–Crippen MR) is 237 cm³/mol. The molecule has 0 atom stereocenters. The van der Waals surface area contributed by atoms with Crippen LogP contribution in [0, 0.1) is 0 Å². The number of benzene rings is 8. The van der Waals surface area contributed by atoms with Gasteiger partial charge in [0, 0.05) is 39.3 Å². The Kier molecular flexibility index (Phi) is 7.32. The van der Waals surface area contributed by atoms with Crippen molar-refractivity contribution in [3.8, 4) is 22.3 Å². The average Bonchev–Trinajstić information content (AvgIpc) is 3.65. The molecule has 11 rings (SSSR count). The maximum atomic E-state index is 6.86. The molecule has 0 saturated heterocycles. The zero-order chi connectivity index (χ0) is 36.5. The lowest BCUT2D eigenvalue weighted by Crippen LogP contribution is -2.24. The summed E-state index contributed by atoms with van der Waals surface area (Å²) in [7, 11) is 0. The summed E-state index contributed by atoms with van der Waals surface area (Å²) < 4.78 is 2.35. The molecule has 8 aromatic carbocycles. The van der Waals surface area contributed by atoms with Gasteiger partial charge in [-0.25, -0.2) is 4.98 Å². The summed E-state index contributed by atoms with van der Waals surface area (Å²) in [5, 5.41) is 10.6. The van der Waals surface area contributed by atoms with E-state index >= 15 is 0 Å². The highest BCUT2D eigenvalue weighted by Gasteiger charge is 2.26. The van der Waals surface area contributed by atoms with Crippen molar-refractivity contribution in [1.82, 2.24) is 14.4 Å². The first-order valence-electron chi connectivity index (χ1n) is 18.5. The molecule has 55 heavy (non-hydrogen) atoms. The normalized spacial score (nSPS) is 12.1. The zero-order valence-corrected chi connectivity index (χ0v) is 31.4. The highest BCUT2D eigenvalue weighted by atomic mass is 32.4. The Labute approximate surface area is 323 Å². The van der Waals surface area contributed by atoms with Gasteiger partial charge in [0.25, 0.3) is 0 Å². The quantitative estimate of drug-likeness (QED) is 0.130. The minimum Gasteiger partial charge on any atom is -0.292 e. The van der Waals surface area contributed by atoms with E-state index in [9.17, 15) is 0 Å².